The first-order chi connectivity index (χ1) is 7.41. The number of alkyl halides is 3. The summed E-state index contributed by atoms with van der Waals surface area (Å²) in [5.74, 6) is -1.64. The van der Waals surface area contributed by atoms with E-state index in [4.69, 9.17) is 5.73 Å². The summed E-state index contributed by atoms with van der Waals surface area (Å²) < 4.78 is 37.9. The van der Waals surface area contributed by atoms with Crippen LogP contribution in [0.5, 0.6) is 0 Å². The molecule has 0 saturated carbocycles. The zero-order valence-electron chi connectivity index (χ0n) is 8.25. The minimum Gasteiger partial charge on any atom is -0.397 e. The van der Waals surface area contributed by atoms with Crippen LogP contribution in [0, 0.1) is 0 Å². The second-order valence-electron chi connectivity index (χ2n) is 3.40. The summed E-state index contributed by atoms with van der Waals surface area (Å²) in [6.07, 6.45) is -3.08. The van der Waals surface area contributed by atoms with Crippen molar-refractivity contribution in [2.45, 2.75) is 19.0 Å². The smallest absolute Gasteiger partial charge is 0.395 e. The van der Waals surface area contributed by atoms with Gasteiger partial charge in [0, 0.05) is 5.56 Å². The number of halogens is 3. The first-order valence-electron chi connectivity index (χ1n) is 4.45. The number of thiazole rings is 1. The van der Waals surface area contributed by atoms with E-state index in [0.717, 1.165) is 6.92 Å². The first-order valence-corrected chi connectivity index (χ1v) is 5.33. The minimum absolute atomic E-state index is 0.0127. The lowest BCUT2D eigenvalue weighted by Gasteiger charge is -2.17. The fourth-order valence-electron chi connectivity index (χ4n) is 1.47. The van der Waals surface area contributed by atoms with Crippen LogP contribution >= 0.6 is 11.3 Å². The van der Waals surface area contributed by atoms with E-state index in [2.05, 4.69) is 9.97 Å². The van der Waals surface area contributed by atoms with Gasteiger partial charge in [0.25, 0.3) is 0 Å². The monoisotopic (exact) mass is 247 g/mol. The molecule has 16 heavy (non-hydrogen) atoms. The van der Waals surface area contributed by atoms with E-state index < -0.39 is 12.1 Å². The van der Waals surface area contributed by atoms with Crippen molar-refractivity contribution in [3.8, 4) is 0 Å². The van der Waals surface area contributed by atoms with Crippen LogP contribution in [-0.4, -0.2) is 16.1 Å². The Balaban J connectivity index is 2.66. The third-order valence-electron chi connectivity index (χ3n) is 2.36. The molecule has 2 aromatic heterocycles. The van der Waals surface area contributed by atoms with Crippen molar-refractivity contribution in [2.75, 3.05) is 5.73 Å². The third-order valence-corrected chi connectivity index (χ3v) is 3.09. The molecule has 3 nitrogen and oxygen atoms in total. The molecular formula is C9H8F3N3S. The van der Waals surface area contributed by atoms with Crippen molar-refractivity contribution in [2.24, 2.45) is 0 Å². The van der Waals surface area contributed by atoms with Crippen molar-refractivity contribution in [3.63, 3.8) is 0 Å². The summed E-state index contributed by atoms with van der Waals surface area (Å²) >= 11 is 1.19. The molecule has 0 radical (unpaired) electrons. The Morgan fingerprint density at radius 2 is 2.06 bits per heavy atom. The highest BCUT2D eigenvalue weighted by atomic mass is 32.1. The van der Waals surface area contributed by atoms with Crippen LogP contribution in [0.1, 0.15) is 18.4 Å². The summed E-state index contributed by atoms with van der Waals surface area (Å²) in [6, 6.07) is 0. The quantitative estimate of drug-likeness (QED) is 0.842. The number of nitrogen functional groups attached to an aromatic ring is 1. The van der Waals surface area contributed by atoms with Gasteiger partial charge in [-0.05, 0) is 6.92 Å². The third kappa shape index (κ3) is 1.71. The van der Waals surface area contributed by atoms with Gasteiger partial charge in [0.2, 0.25) is 0 Å². The first kappa shape index (κ1) is 11.1. The van der Waals surface area contributed by atoms with Crippen molar-refractivity contribution in [1.29, 1.82) is 0 Å². The molecule has 2 N–H and O–H groups in total. The second kappa shape index (κ2) is 3.58. The number of pyridine rings is 1. The number of hydrogen-bond donors (Lipinski definition) is 1. The molecule has 0 amide bonds. The zero-order chi connectivity index (χ0) is 11.9. The van der Waals surface area contributed by atoms with Crippen LogP contribution in [-0.2, 0) is 0 Å². The number of rotatable bonds is 1. The molecule has 1 atom stereocenters. The molecule has 2 aromatic rings. The van der Waals surface area contributed by atoms with Crippen molar-refractivity contribution < 1.29 is 13.2 Å². The van der Waals surface area contributed by atoms with Gasteiger partial charge >= 0.3 is 6.18 Å². The minimum atomic E-state index is -4.33. The van der Waals surface area contributed by atoms with E-state index in [9.17, 15) is 13.2 Å². The van der Waals surface area contributed by atoms with Gasteiger partial charge in [0.1, 0.15) is 10.3 Å². The highest BCUT2D eigenvalue weighted by molar-refractivity contribution is 7.16. The van der Waals surface area contributed by atoms with Gasteiger partial charge in [-0.25, -0.2) is 9.97 Å². The molecule has 86 valence electrons. The van der Waals surface area contributed by atoms with Gasteiger partial charge in [0.15, 0.2) is 0 Å². The van der Waals surface area contributed by atoms with Crippen LogP contribution < -0.4 is 5.73 Å². The molecule has 7 heteroatoms. The lowest BCUT2D eigenvalue weighted by molar-refractivity contribution is -0.145. The van der Waals surface area contributed by atoms with E-state index >= 15 is 0 Å². The van der Waals surface area contributed by atoms with Gasteiger partial charge in [-0.2, -0.15) is 13.2 Å². The Morgan fingerprint density at radius 3 is 2.69 bits per heavy atom. The number of nitrogens with two attached hydrogens (primary N) is 1. The molecule has 0 fully saturated rings. The number of fused-ring (bicyclic) bond motifs is 1. The summed E-state index contributed by atoms with van der Waals surface area (Å²) in [6.45, 7) is 1.07. The van der Waals surface area contributed by atoms with Gasteiger partial charge < -0.3 is 5.73 Å². The van der Waals surface area contributed by atoms with Gasteiger partial charge in [0.05, 0.1) is 23.3 Å². The zero-order valence-corrected chi connectivity index (χ0v) is 9.06. The topological polar surface area (TPSA) is 51.8 Å². The fourth-order valence-corrected chi connectivity index (χ4v) is 2.12. The summed E-state index contributed by atoms with van der Waals surface area (Å²) in [5.41, 5.74) is 7.30. The summed E-state index contributed by atoms with van der Waals surface area (Å²) in [5, 5.41) is 0. The number of aromatic nitrogens is 2. The summed E-state index contributed by atoms with van der Waals surface area (Å²) in [7, 11) is 0. The van der Waals surface area contributed by atoms with Crippen LogP contribution in [0.25, 0.3) is 10.3 Å². The number of anilines is 1. The predicted molar refractivity (Wildman–Crippen MR) is 56.3 cm³/mol. The average molecular weight is 247 g/mol. The lowest BCUT2D eigenvalue weighted by Crippen LogP contribution is -2.19. The molecule has 0 aliphatic carbocycles. The molecule has 0 aliphatic rings. The van der Waals surface area contributed by atoms with Crippen LogP contribution in [0.3, 0.4) is 0 Å². The maximum atomic E-state index is 12.6. The van der Waals surface area contributed by atoms with E-state index in [1.807, 2.05) is 0 Å². The maximum Gasteiger partial charge on any atom is 0.395 e. The van der Waals surface area contributed by atoms with E-state index in [0.29, 0.717) is 4.83 Å². The SMILES string of the molecule is CC(c1c(N)cnc2scnc12)C(F)(F)F. The predicted octanol–water partition coefficient (Wildman–Crippen LogP) is 2.94. The Kier molecular flexibility index (Phi) is 2.49. The van der Waals surface area contributed by atoms with Crippen molar-refractivity contribution in [1.82, 2.24) is 9.97 Å². The standard InChI is InChI=1S/C9H8F3N3S/c1-4(9(10,11)12)6-5(13)2-14-8-7(6)15-3-16-8/h2-4H,13H2,1H3. The van der Waals surface area contributed by atoms with E-state index in [1.165, 1.54) is 23.0 Å². The molecule has 2 heterocycles. The van der Waals surface area contributed by atoms with E-state index in [1.54, 1.807) is 0 Å². The number of hydrogen-bond acceptors (Lipinski definition) is 4. The molecule has 0 saturated heterocycles. The molecule has 2 rings (SSSR count). The van der Waals surface area contributed by atoms with E-state index in [-0.39, 0.29) is 16.8 Å². The molecular weight excluding hydrogens is 239 g/mol. The van der Waals surface area contributed by atoms with Crippen LogP contribution in [0.2, 0.25) is 0 Å². The fraction of sp³-hybridized carbons (Fsp3) is 0.333. The van der Waals surface area contributed by atoms with Crippen molar-refractivity contribution >= 4 is 27.4 Å². The van der Waals surface area contributed by atoms with Gasteiger partial charge in [-0.1, -0.05) is 0 Å². The Morgan fingerprint density at radius 1 is 1.38 bits per heavy atom. The Labute approximate surface area is 93.1 Å². The highest BCUT2D eigenvalue weighted by Gasteiger charge is 2.39. The van der Waals surface area contributed by atoms with Crippen molar-refractivity contribution in [3.05, 3.63) is 17.3 Å². The van der Waals surface area contributed by atoms with Gasteiger partial charge in [-0.15, -0.1) is 11.3 Å². The maximum absolute atomic E-state index is 12.6. The molecule has 0 bridgehead atoms. The number of nitrogens with zero attached hydrogens (tertiary/aromatic N) is 2. The molecule has 0 aliphatic heterocycles. The Hall–Kier alpha value is -1.37. The molecule has 0 spiro atoms. The van der Waals surface area contributed by atoms with Gasteiger partial charge in [-0.3, -0.25) is 0 Å². The second-order valence-corrected chi connectivity index (χ2v) is 4.23. The molecule has 1 unspecified atom stereocenters. The van der Waals surface area contributed by atoms with Crippen LogP contribution in [0.15, 0.2) is 11.7 Å². The average Bonchev–Trinajstić information content (AvgIpc) is 2.63. The van der Waals surface area contributed by atoms with Crippen LogP contribution in [0.4, 0.5) is 18.9 Å². The highest BCUT2D eigenvalue weighted by Crippen LogP contribution is 2.39. The molecule has 0 aromatic carbocycles. The Bertz CT molecular complexity index is 520. The normalized spacial score (nSPS) is 14.2. The largest absolute Gasteiger partial charge is 0.397 e. The summed E-state index contributed by atoms with van der Waals surface area (Å²) in [4.78, 5) is 8.29. The lowest BCUT2D eigenvalue weighted by atomic mass is 9.99.